The lowest BCUT2D eigenvalue weighted by atomic mass is 9.48. The topological polar surface area (TPSA) is 59.1 Å². The highest BCUT2D eigenvalue weighted by atomic mass is 16.6. The molecule has 1 aromatic rings. The summed E-state index contributed by atoms with van der Waals surface area (Å²) < 4.78 is 11.0. The number of carbonyl (C=O) groups is 2. The Morgan fingerprint density at radius 2 is 1.93 bits per heavy atom. The zero-order valence-corrected chi connectivity index (χ0v) is 18.1. The quantitative estimate of drug-likeness (QED) is 0.645. The highest BCUT2D eigenvalue weighted by Gasteiger charge is 2.72. The van der Waals surface area contributed by atoms with Gasteiger partial charge in [0.2, 0.25) is 0 Å². The van der Waals surface area contributed by atoms with Gasteiger partial charge in [-0.25, -0.2) is 9.59 Å². The molecule has 6 heteroatoms. The van der Waals surface area contributed by atoms with Crippen molar-refractivity contribution in [2.45, 2.75) is 75.9 Å². The smallest absolute Gasteiger partial charge is 0.415 e. The summed E-state index contributed by atoms with van der Waals surface area (Å²) in [5.74, 6) is 0. The molecule has 1 saturated heterocycles. The molecule has 1 aromatic carbocycles. The first-order chi connectivity index (χ1) is 14.3. The maximum Gasteiger partial charge on any atom is 0.415 e. The average Bonchev–Trinajstić information content (AvgIpc) is 3.10. The molecular weight excluding hydrogens is 380 g/mol. The molecule has 0 aromatic heterocycles. The predicted octanol–water partition coefficient (Wildman–Crippen LogP) is 5.12. The van der Waals surface area contributed by atoms with E-state index < -0.39 is 11.1 Å². The molecule has 0 radical (unpaired) electrons. The molecule has 0 spiro atoms. The summed E-state index contributed by atoms with van der Waals surface area (Å²) in [5.41, 5.74) is 2.21. The van der Waals surface area contributed by atoms with Crippen LogP contribution in [0.4, 0.5) is 15.3 Å². The third kappa shape index (κ3) is 2.55. The fourth-order valence-electron chi connectivity index (χ4n) is 6.12. The summed E-state index contributed by atoms with van der Waals surface area (Å²) in [5, 5.41) is 0. The Hall–Kier alpha value is -2.50. The van der Waals surface area contributed by atoms with E-state index in [0.29, 0.717) is 13.2 Å². The molecule has 2 amide bonds. The number of rotatable bonds is 1. The van der Waals surface area contributed by atoms with E-state index in [-0.39, 0.29) is 17.6 Å². The van der Waals surface area contributed by atoms with Gasteiger partial charge in [-0.15, -0.1) is 0 Å². The van der Waals surface area contributed by atoms with Crippen LogP contribution >= 0.6 is 0 Å². The second kappa shape index (κ2) is 6.50. The second-order valence-electron chi connectivity index (χ2n) is 9.97. The van der Waals surface area contributed by atoms with Gasteiger partial charge >= 0.3 is 12.2 Å². The van der Waals surface area contributed by atoms with E-state index in [1.807, 2.05) is 44.0 Å². The van der Waals surface area contributed by atoms with Crippen molar-refractivity contribution in [1.82, 2.24) is 4.90 Å². The number of nitrogens with zero attached hydrogens (tertiary/aromatic N) is 2. The first-order valence-corrected chi connectivity index (χ1v) is 11.1. The van der Waals surface area contributed by atoms with E-state index in [4.69, 9.17) is 9.47 Å². The molecule has 4 aliphatic rings. The molecule has 6 nitrogen and oxygen atoms in total. The van der Waals surface area contributed by atoms with Gasteiger partial charge in [-0.05, 0) is 57.2 Å². The number of ether oxygens (including phenoxy) is 2. The molecule has 2 saturated carbocycles. The molecule has 0 N–H and O–H groups in total. The molecule has 30 heavy (non-hydrogen) atoms. The van der Waals surface area contributed by atoms with Crippen LogP contribution in [0.25, 0.3) is 0 Å². The summed E-state index contributed by atoms with van der Waals surface area (Å²) in [6, 6.07) is 8.29. The van der Waals surface area contributed by atoms with Crippen LogP contribution in [0.15, 0.2) is 36.0 Å². The van der Waals surface area contributed by atoms with Crippen molar-refractivity contribution in [3.05, 3.63) is 41.6 Å². The van der Waals surface area contributed by atoms with Crippen LogP contribution in [0.3, 0.4) is 0 Å². The fourth-order valence-corrected chi connectivity index (χ4v) is 6.12. The van der Waals surface area contributed by atoms with E-state index in [1.54, 1.807) is 4.90 Å². The molecule has 3 fully saturated rings. The number of amides is 2. The lowest BCUT2D eigenvalue weighted by Gasteiger charge is -2.60. The number of hydrogen-bond acceptors (Lipinski definition) is 4. The summed E-state index contributed by atoms with van der Waals surface area (Å²) >= 11 is 0. The number of cyclic esters (lactones) is 1. The Labute approximate surface area is 177 Å². The zero-order chi connectivity index (χ0) is 21.1. The van der Waals surface area contributed by atoms with E-state index >= 15 is 0 Å². The van der Waals surface area contributed by atoms with Crippen LogP contribution in [0.2, 0.25) is 0 Å². The van der Waals surface area contributed by atoms with Crippen LogP contribution < -0.4 is 4.90 Å². The summed E-state index contributed by atoms with van der Waals surface area (Å²) in [6.45, 7) is 6.69. The van der Waals surface area contributed by atoms with Crippen molar-refractivity contribution in [1.29, 1.82) is 0 Å². The normalized spacial score (nSPS) is 31.4. The average molecular weight is 411 g/mol. The number of benzene rings is 1. The van der Waals surface area contributed by atoms with Gasteiger partial charge in [0.25, 0.3) is 0 Å². The van der Waals surface area contributed by atoms with Crippen molar-refractivity contribution >= 4 is 17.9 Å². The Kier molecular flexibility index (Phi) is 4.21. The first kappa shape index (κ1) is 19.5. The predicted molar refractivity (Wildman–Crippen MR) is 113 cm³/mol. The molecule has 0 unspecified atom stereocenters. The molecular formula is C24H30N2O4. The fraction of sp³-hybridized carbons (Fsp3) is 0.583. The third-order valence-corrected chi connectivity index (χ3v) is 7.18. The van der Waals surface area contributed by atoms with Crippen molar-refractivity contribution in [3.63, 3.8) is 0 Å². The van der Waals surface area contributed by atoms with Crippen LogP contribution in [0, 0.1) is 0 Å². The van der Waals surface area contributed by atoms with Gasteiger partial charge in [0.1, 0.15) is 12.2 Å². The highest BCUT2D eigenvalue weighted by Crippen LogP contribution is 2.70. The third-order valence-electron chi connectivity index (χ3n) is 7.18. The number of carbonyl (C=O) groups excluding carboxylic acids is 2. The number of para-hydroxylation sites is 1. The second-order valence-corrected chi connectivity index (χ2v) is 9.97. The summed E-state index contributed by atoms with van der Waals surface area (Å²) in [7, 11) is 0. The molecule has 0 bridgehead atoms. The van der Waals surface area contributed by atoms with Gasteiger partial charge in [-0.3, -0.25) is 9.80 Å². The maximum absolute atomic E-state index is 13.6. The molecule has 2 aliphatic heterocycles. The first-order valence-electron chi connectivity index (χ1n) is 11.1. The maximum atomic E-state index is 13.6. The van der Waals surface area contributed by atoms with Crippen LogP contribution in [0.5, 0.6) is 0 Å². The summed E-state index contributed by atoms with van der Waals surface area (Å²) in [6.07, 6.45) is 7.52. The Morgan fingerprint density at radius 3 is 2.67 bits per heavy atom. The van der Waals surface area contributed by atoms with E-state index in [1.165, 1.54) is 5.56 Å². The number of anilines is 1. The minimum absolute atomic E-state index is 0.105. The molecule has 2 atom stereocenters. The number of hydrogen-bond donors (Lipinski definition) is 0. The molecule has 160 valence electrons. The standard InChI is InChI=1S/C24H30N2O4/c1-22(2,3)30-21(28)26-19-10-6-5-9-18(19)23-11-7-4-8-12-24(23,26)17(15-23)16-25-13-14-29-20(25)27/h5-6,9-10,16H,4,7-8,11-15H2,1-3H3/b17-16-/t23-,24-/m1/s1. The lowest BCUT2D eigenvalue weighted by Crippen LogP contribution is -2.68. The van der Waals surface area contributed by atoms with E-state index in [9.17, 15) is 9.59 Å². The van der Waals surface area contributed by atoms with Crippen LogP contribution in [-0.2, 0) is 14.9 Å². The SMILES string of the molecule is CC(C)(C)OC(=O)N1c2ccccc2[C@]23CCCCC[C@]12/C(=C\N1CCOC1=O)C3. The highest BCUT2D eigenvalue weighted by molar-refractivity contribution is 5.97. The summed E-state index contributed by atoms with van der Waals surface area (Å²) in [4.78, 5) is 29.3. The largest absolute Gasteiger partial charge is 0.447 e. The Balaban J connectivity index is 1.67. The van der Waals surface area contributed by atoms with Crippen LogP contribution in [0.1, 0.15) is 64.9 Å². The van der Waals surface area contributed by atoms with Crippen molar-refractivity contribution < 1.29 is 19.1 Å². The van der Waals surface area contributed by atoms with Gasteiger partial charge in [0.05, 0.1) is 17.8 Å². The monoisotopic (exact) mass is 410 g/mol. The van der Waals surface area contributed by atoms with Crippen molar-refractivity contribution in [2.24, 2.45) is 0 Å². The molecule has 5 rings (SSSR count). The van der Waals surface area contributed by atoms with Gasteiger partial charge < -0.3 is 9.47 Å². The van der Waals surface area contributed by atoms with Crippen molar-refractivity contribution in [2.75, 3.05) is 18.1 Å². The van der Waals surface area contributed by atoms with Gasteiger partial charge in [-0.1, -0.05) is 37.5 Å². The zero-order valence-electron chi connectivity index (χ0n) is 18.1. The molecule has 2 aliphatic carbocycles. The molecule has 2 heterocycles. The van der Waals surface area contributed by atoms with Gasteiger partial charge in [0.15, 0.2) is 0 Å². The Morgan fingerprint density at radius 1 is 1.17 bits per heavy atom. The minimum atomic E-state index is -0.578. The number of fused-ring (bicyclic) bond motifs is 1. The minimum Gasteiger partial charge on any atom is -0.447 e. The Bertz CT molecular complexity index is 933. The van der Waals surface area contributed by atoms with E-state index in [0.717, 1.165) is 49.8 Å². The van der Waals surface area contributed by atoms with Crippen molar-refractivity contribution in [3.8, 4) is 0 Å². The van der Waals surface area contributed by atoms with Gasteiger partial charge in [-0.2, -0.15) is 0 Å². The van der Waals surface area contributed by atoms with Crippen LogP contribution in [-0.4, -0.2) is 41.4 Å². The van der Waals surface area contributed by atoms with E-state index in [2.05, 4.69) is 12.1 Å². The lowest BCUT2D eigenvalue weighted by molar-refractivity contribution is 0.0468. The van der Waals surface area contributed by atoms with Gasteiger partial charge in [0, 0.05) is 11.6 Å².